The fourth-order valence-corrected chi connectivity index (χ4v) is 3.18. The third-order valence-electron chi connectivity index (χ3n) is 4.44. The first-order valence-corrected chi connectivity index (χ1v) is 8.67. The zero-order valence-corrected chi connectivity index (χ0v) is 14.9. The van der Waals surface area contributed by atoms with Crippen LogP contribution in [0.25, 0.3) is 28.2 Å². The van der Waals surface area contributed by atoms with Crippen molar-refractivity contribution in [3.8, 4) is 17.1 Å². The summed E-state index contributed by atoms with van der Waals surface area (Å²) in [4.78, 5) is 20.7. The monoisotopic (exact) mass is 373 g/mol. The van der Waals surface area contributed by atoms with Crippen molar-refractivity contribution >= 4 is 11.1 Å². The Morgan fingerprint density at radius 2 is 1.89 bits per heavy atom. The molecule has 9 heteroatoms. The summed E-state index contributed by atoms with van der Waals surface area (Å²) < 4.78 is 6.97. The van der Waals surface area contributed by atoms with Gasteiger partial charge in [0.05, 0.1) is 23.6 Å². The van der Waals surface area contributed by atoms with E-state index in [0.717, 1.165) is 16.8 Å². The number of aromatic amines is 1. The third-order valence-corrected chi connectivity index (χ3v) is 4.44. The predicted octanol–water partition coefficient (Wildman–Crippen LogP) is 2.32. The van der Waals surface area contributed by atoms with E-state index in [9.17, 15) is 4.79 Å². The largest absolute Gasteiger partial charge is 0.417 e. The van der Waals surface area contributed by atoms with Gasteiger partial charge in [0.15, 0.2) is 17.2 Å². The van der Waals surface area contributed by atoms with Crippen molar-refractivity contribution < 1.29 is 4.42 Å². The van der Waals surface area contributed by atoms with Crippen LogP contribution in [-0.4, -0.2) is 34.7 Å². The minimum atomic E-state index is -0.509. The van der Waals surface area contributed by atoms with Gasteiger partial charge in [-0.25, -0.2) is 14.5 Å². The SMILES string of the molecule is Cc1ccccc1-n1nc(Cn2nccn2)nc1-c1cccc2oc(=O)[nH]c12. The lowest BCUT2D eigenvalue weighted by molar-refractivity contribution is 0.555. The highest BCUT2D eigenvalue weighted by Gasteiger charge is 2.19. The summed E-state index contributed by atoms with van der Waals surface area (Å²) in [7, 11) is 0. The maximum atomic E-state index is 11.7. The number of hydrogen-bond donors (Lipinski definition) is 1. The molecule has 5 rings (SSSR count). The summed E-state index contributed by atoms with van der Waals surface area (Å²) in [6.45, 7) is 2.34. The van der Waals surface area contributed by atoms with E-state index in [2.05, 4.69) is 20.3 Å². The lowest BCUT2D eigenvalue weighted by atomic mass is 10.1. The van der Waals surface area contributed by atoms with Crippen molar-refractivity contribution in [1.29, 1.82) is 0 Å². The Balaban J connectivity index is 1.74. The molecule has 2 aromatic carbocycles. The predicted molar refractivity (Wildman–Crippen MR) is 101 cm³/mol. The third kappa shape index (κ3) is 2.69. The second-order valence-electron chi connectivity index (χ2n) is 6.30. The molecule has 1 N–H and O–H groups in total. The molecule has 0 saturated heterocycles. The fourth-order valence-electron chi connectivity index (χ4n) is 3.18. The number of benzene rings is 2. The highest BCUT2D eigenvalue weighted by Crippen LogP contribution is 2.28. The number of aryl methyl sites for hydroxylation is 1. The fraction of sp³-hybridized carbons (Fsp3) is 0.105. The molecule has 0 spiro atoms. The van der Waals surface area contributed by atoms with Gasteiger partial charge in [-0.15, -0.1) is 5.10 Å². The Morgan fingerprint density at radius 3 is 2.71 bits per heavy atom. The Kier molecular flexibility index (Phi) is 3.64. The van der Waals surface area contributed by atoms with Crippen molar-refractivity contribution in [2.75, 3.05) is 0 Å². The lowest BCUT2D eigenvalue weighted by Crippen LogP contribution is -2.06. The first-order chi connectivity index (χ1) is 13.7. The summed E-state index contributed by atoms with van der Waals surface area (Å²) in [5.41, 5.74) is 3.71. The van der Waals surface area contributed by atoms with Gasteiger partial charge in [0.1, 0.15) is 6.54 Å². The molecule has 5 aromatic rings. The number of fused-ring (bicyclic) bond motifs is 1. The van der Waals surface area contributed by atoms with Gasteiger partial charge in [-0.05, 0) is 30.7 Å². The number of para-hydroxylation sites is 2. The first kappa shape index (κ1) is 16.2. The molecule has 3 heterocycles. The second kappa shape index (κ2) is 6.31. The molecule has 138 valence electrons. The molecule has 9 nitrogen and oxygen atoms in total. The molecule has 0 saturated carbocycles. The van der Waals surface area contributed by atoms with Crippen LogP contribution in [-0.2, 0) is 6.54 Å². The average Bonchev–Trinajstić information content (AvgIpc) is 3.41. The van der Waals surface area contributed by atoms with E-state index in [4.69, 9.17) is 9.40 Å². The van der Waals surface area contributed by atoms with E-state index >= 15 is 0 Å². The maximum absolute atomic E-state index is 11.7. The van der Waals surface area contributed by atoms with Crippen LogP contribution in [0.2, 0.25) is 0 Å². The summed E-state index contributed by atoms with van der Waals surface area (Å²) in [5.74, 6) is 0.641. The van der Waals surface area contributed by atoms with Crippen LogP contribution >= 0.6 is 0 Å². The van der Waals surface area contributed by atoms with Gasteiger partial charge in [-0.1, -0.05) is 24.3 Å². The number of H-pyrrole nitrogens is 1. The first-order valence-electron chi connectivity index (χ1n) is 8.67. The van der Waals surface area contributed by atoms with E-state index in [0.29, 0.717) is 29.3 Å². The number of nitrogens with zero attached hydrogens (tertiary/aromatic N) is 6. The molecule has 0 amide bonds. The molecule has 3 aromatic heterocycles. The Bertz CT molecular complexity index is 1330. The topological polar surface area (TPSA) is 107 Å². The quantitative estimate of drug-likeness (QED) is 0.518. The Labute approximate surface area is 158 Å². The number of nitrogens with one attached hydrogen (secondary N) is 1. The van der Waals surface area contributed by atoms with Crippen molar-refractivity contribution in [2.24, 2.45) is 0 Å². The number of hydrogen-bond acceptors (Lipinski definition) is 6. The number of aromatic nitrogens is 7. The molecule has 28 heavy (non-hydrogen) atoms. The van der Waals surface area contributed by atoms with Crippen LogP contribution in [0.5, 0.6) is 0 Å². The second-order valence-corrected chi connectivity index (χ2v) is 6.30. The van der Waals surface area contributed by atoms with Crippen molar-refractivity contribution in [3.05, 3.63) is 76.8 Å². The van der Waals surface area contributed by atoms with Gasteiger partial charge >= 0.3 is 5.76 Å². The Hall–Kier alpha value is -4.01. The zero-order chi connectivity index (χ0) is 19.1. The van der Waals surface area contributed by atoms with E-state index in [1.807, 2.05) is 43.3 Å². The molecule has 0 aliphatic rings. The molecule has 0 atom stereocenters. The standard InChI is InChI=1S/C19H15N7O2/c1-12-5-2-3-7-14(12)26-18(22-16(24-26)11-25-20-9-10-21-25)13-6-4-8-15-17(13)23-19(27)28-15/h2-10H,11H2,1H3,(H,23,27). The van der Waals surface area contributed by atoms with Crippen LogP contribution in [0.15, 0.2) is 64.1 Å². The zero-order valence-electron chi connectivity index (χ0n) is 14.9. The average molecular weight is 373 g/mol. The molecule has 0 unspecified atom stereocenters. The molecule has 0 radical (unpaired) electrons. The minimum absolute atomic E-state index is 0.330. The van der Waals surface area contributed by atoms with Gasteiger partial charge < -0.3 is 4.42 Å². The maximum Gasteiger partial charge on any atom is 0.417 e. The van der Waals surface area contributed by atoms with Gasteiger partial charge in [0.2, 0.25) is 0 Å². The molecule has 0 aliphatic carbocycles. The summed E-state index contributed by atoms with van der Waals surface area (Å²) in [5, 5.41) is 12.9. The summed E-state index contributed by atoms with van der Waals surface area (Å²) in [6, 6.07) is 13.3. The van der Waals surface area contributed by atoms with Crippen LogP contribution in [0.4, 0.5) is 0 Å². The summed E-state index contributed by atoms with van der Waals surface area (Å²) in [6.07, 6.45) is 3.21. The minimum Gasteiger partial charge on any atom is -0.408 e. The molecule has 0 bridgehead atoms. The Morgan fingerprint density at radius 1 is 1.07 bits per heavy atom. The smallest absolute Gasteiger partial charge is 0.408 e. The van der Waals surface area contributed by atoms with Gasteiger partial charge in [-0.2, -0.15) is 15.0 Å². The van der Waals surface area contributed by atoms with E-state index in [-0.39, 0.29) is 0 Å². The van der Waals surface area contributed by atoms with Crippen LogP contribution in [0.3, 0.4) is 0 Å². The number of oxazole rings is 1. The van der Waals surface area contributed by atoms with E-state index in [1.54, 1.807) is 23.1 Å². The normalized spacial score (nSPS) is 11.3. The van der Waals surface area contributed by atoms with Crippen molar-refractivity contribution in [2.45, 2.75) is 13.5 Å². The molecule has 0 fully saturated rings. The molecular weight excluding hydrogens is 358 g/mol. The van der Waals surface area contributed by atoms with Crippen LogP contribution in [0, 0.1) is 6.92 Å². The highest BCUT2D eigenvalue weighted by atomic mass is 16.4. The van der Waals surface area contributed by atoms with Crippen molar-refractivity contribution in [1.82, 2.24) is 34.7 Å². The van der Waals surface area contributed by atoms with Gasteiger partial charge in [0.25, 0.3) is 0 Å². The van der Waals surface area contributed by atoms with Crippen LogP contribution in [0.1, 0.15) is 11.4 Å². The summed E-state index contributed by atoms with van der Waals surface area (Å²) >= 11 is 0. The van der Waals surface area contributed by atoms with Crippen molar-refractivity contribution in [3.63, 3.8) is 0 Å². The van der Waals surface area contributed by atoms with Gasteiger partial charge in [0, 0.05) is 5.56 Å². The van der Waals surface area contributed by atoms with Crippen LogP contribution < -0.4 is 5.76 Å². The number of rotatable bonds is 4. The molecular formula is C19H15N7O2. The van der Waals surface area contributed by atoms with E-state index < -0.39 is 5.76 Å². The highest BCUT2D eigenvalue weighted by molar-refractivity contribution is 5.88. The lowest BCUT2D eigenvalue weighted by Gasteiger charge is -2.09. The van der Waals surface area contributed by atoms with E-state index in [1.165, 1.54) is 4.80 Å². The van der Waals surface area contributed by atoms with Gasteiger partial charge in [-0.3, -0.25) is 4.98 Å². The molecule has 0 aliphatic heterocycles.